The Hall–Kier alpha value is -2.22. The van der Waals surface area contributed by atoms with Crippen molar-refractivity contribution >= 4 is 0 Å². The molecule has 0 fully saturated rings. The monoisotopic (exact) mass is 312 g/mol. The van der Waals surface area contributed by atoms with Crippen LogP contribution in [0.25, 0.3) is 0 Å². The Balaban J connectivity index is 2.06. The highest BCUT2D eigenvalue weighted by Crippen LogP contribution is 2.45. The summed E-state index contributed by atoms with van der Waals surface area (Å²) in [5.74, 6) is -0.331. The summed E-state index contributed by atoms with van der Waals surface area (Å²) in [5.41, 5.74) is 2.31. The standard InChI is InChI=1S/C19H19FN2O/c1-22-10-2-9-19(16-4-6-17(20)7-5-16)18-8-3-14(12-21)11-15(18)13-23-19/h3-8,11,22H,2,9-10,13H2,1H3/t19-/m0/s1/i10D2. The Bertz CT molecular complexity index is 817. The smallest absolute Gasteiger partial charge is 0.123 e. The molecule has 0 amide bonds. The molecule has 0 saturated carbocycles. The van der Waals surface area contributed by atoms with Crippen molar-refractivity contribution in [1.29, 1.82) is 5.26 Å². The lowest BCUT2D eigenvalue weighted by molar-refractivity contribution is -0.0128. The molecule has 118 valence electrons. The number of nitrogens with zero attached hydrogens (tertiary/aromatic N) is 1. The normalized spacial score (nSPS) is 21.3. The minimum atomic E-state index is -1.54. The van der Waals surface area contributed by atoms with Crippen LogP contribution in [0, 0.1) is 17.1 Å². The molecule has 0 bridgehead atoms. The molecule has 23 heavy (non-hydrogen) atoms. The zero-order chi connectivity index (χ0) is 18.1. The Kier molecular flexibility index (Phi) is 3.74. The Morgan fingerprint density at radius 2 is 2.13 bits per heavy atom. The number of fused-ring (bicyclic) bond motifs is 1. The van der Waals surface area contributed by atoms with Gasteiger partial charge in [0.25, 0.3) is 0 Å². The second kappa shape index (κ2) is 6.49. The third-order valence-corrected chi connectivity index (χ3v) is 4.23. The number of rotatable bonds is 5. The average molecular weight is 312 g/mol. The Labute approximate surface area is 138 Å². The quantitative estimate of drug-likeness (QED) is 0.919. The first-order chi connectivity index (χ1) is 11.9. The van der Waals surface area contributed by atoms with Crippen molar-refractivity contribution < 1.29 is 11.9 Å². The van der Waals surface area contributed by atoms with E-state index in [-0.39, 0.29) is 12.2 Å². The number of nitrogens with one attached hydrogen (secondary N) is 1. The zero-order valence-electron chi connectivity index (χ0n) is 14.9. The van der Waals surface area contributed by atoms with Crippen LogP contribution in [0.2, 0.25) is 0 Å². The highest BCUT2D eigenvalue weighted by molar-refractivity contribution is 5.47. The summed E-state index contributed by atoms with van der Waals surface area (Å²) in [7, 11) is 1.58. The third-order valence-electron chi connectivity index (χ3n) is 4.23. The zero-order valence-corrected chi connectivity index (χ0v) is 12.9. The van der Waals surface area contributed by atoms with Gasteiger partial charge in [-0.1, -0.05) is 18.2 Å². The molecule has 2 aromatic carbocycles. The number of nitriles is 1. The van der Waals surface area contributed by atoms with Gasteiger partial charge in [-0.25, -0.2) is 4.39 Å². The van der Waals surface area contributed by atoms with Crippen LogP contribution in [0.15, 0.2) is 42.5 Å². The fourth-order valence-electron chi connectivity index (χ4n) is 3.13. The van der Waals surface area contributed by atoms with Gasteiger partial charge in [-0.3, -0.25) is 0 Å². The molecule has 0 radical (unpaired) electrons. The first-order valence-electron chi connectivity index (χ1n) is 8.53. The molecule has 2 aromatic rings. The summed E-state index contributed by atoms with van der Waals surface area (Å²) in [6.45, 7) is -1.20. The molecule has 3 nitrogen and oxygen atoms in total. The van der Waals surface area contributed by atoms with Crippen LogP contribution in [0.1, 0.15) is 37.8 Å². The van der Waals surface area contributed by atoms with Crippen molar-refractivity contribution in [2.75, 3.05) is 13.5 Å². The van der Waals surface area contributed by atoms with Gasteiger partial charge in [0.15, 0.2) is 0 Å². The van der Waals surface area contributed by atoms with Crippen LogP contribution < -0.4 is 5.32 Å². The van der Waals surface area contributed by atoms with Crippen LogP contribution in [0.3, 0.4) is 0 Å². The van der Waals surface area contributed by atoms with E-state index in [4.69, 9.17) is 12.7 Å². The molecule has 0 aromatic heterocycles. The summed E-state index contributed by atoms with van der Waals surface area (Å²) in [5, 5.41) is 11.8. The van der Waals surface area contributed by atoms with E-state index >= 15 is 0 Å². The maximum atomic E-state index is 13.4. The second-order valence-electron chi connectivity index (χ2n) is 5.53. The summed E-state index contributed by atoms with van der Waals surface area (Å²) < 4.78 is 35.5. The topological polar surface area (TPSA) is 45.0 Å². The lowest BCUT2D eigenvalue weighted by atomic mass is 9.81. The van der Waals surface area contributed by atoms with Crippen molar-refractivity contribution in [2.45, 2.75) is 25.0 Å². The summed E-state index contributed by atoms with van der Waals surface area (Å²) in [4.78, 5) is 0. The van der Waals surface area contributed by atoms with Crippen LogP contribution in [0.5, 0.6) is 0 Å². The van der Waals surface area contributed by atoms with Gasteiger partial charge < -0.3 is 10.1 Å². The molecule has 0 spiro atoms. The Morgan fingerprint density at radius 1 is 1.35 bits per heavy atom. The van der Waals surface area contributed by atoms with Crippen molar-refractivity contribution in [3.8, 4) is 6.07 Å². The first-order valence-corrected chi connectivity index (χ1v) is 7.53. The van der Waals surface area contributed by atoms with Crippen LogP contribution >= 0.6 is 0 Å². The maximum Gasteiger partial charge on any atom is 0.123 e. The van der Waals surface area contributed by atoms with Gasteiger partial charge in [-0.15, -0.1) is 0 Å². The number of hydrogen-bond donors (Lipinski definition) is 1. The molecule has 3 rings (SSSR count). The number of halogens is 1. The van der Waals surface area contributed by atoms with Crippen molar-refractivity contribution in [2.24, 2.45) is 0 Å². The van der Waals surface area contributed by atoms with Crippen LogP contribution in [-0.4, -0.2) is 13.5 Å². The molecule has 1 atom stereocenters. The highest BCUT2D eigenvalue weighted by Gasteiger charge is 2.41. The maximum absolute atomic E-state index is 13.4. The van der Waals surface area contributed by atoms with Gasteiger partial charge >= 0.3 is 0 Å². The van der Waals surface area contributed by atoms with E-state index in [1.807, 2.05) is 6.07 Å². The van der Waals surface area contributed by atoms with Crippen molar-refractivity contribution in [3.63, 3.8) is 0 Å². The van der Waals surface area contributed by atoms with E-state index < -0.39 is 12.1 Å². The largest absolute Gasteiger partial charge is 0.361 e. The SMILES string of the molecule is [2H]C([2H])(CC[C@@]1(c2ccc(F)cc2)OCc2cc(C#N)ccc21)NC. The lowest BCUT2D eigenvalue weighted by Gasteiger charge is -2.30. The molecule has 1 aliphatic heterocycles. The average Bonchev–Trinajstić information content (AvgIpc) is 3.00. The van der Waals surface area contributed by atoms with Gasteiger partial charge in [-0.2, -0.15) is 5.26 Å². The lowest BCUT2D eigenvalue weighted by Crippen LogP contribution is -2.28. The van der Waals surface area contributed by atoms with Gasteiger partial charge in [-0.05, 0) is 67.3 Å². The van der Waals surface area contributed by atoms with Gasteiger partial charge in [0.1, 0.15) is 11.4 Å². The molecular formula is C19H19FN2O. The molecule has 0 unspecified atom stereocenters. The minimum Gasteiger partial charge on any atom is -0.361 e. The molecule has 1 N–H and O–H groups in total. The number of benzene rings is 2. The van der Waals surface area contributed by atoms with Gasteiger partial charge in [0, 0.05) is 2.74 Å². The summed E-state index contributed by atoms with van der Waals surface area (Å²) in [6.07, 6.45) is 0.617. The molecule has 0 aliphatic carbocycles. The molecular weight excluding hydrogens is 291 g/mol. The summed E-state index contributed by atoms with van der Waals surface area (Å²) in [6, 6.07) is 13.6. The van der Waals surface area contributed by atoms with E-state index in [0.29, 0.717) is 18.6 Å². The predicted octanol–water partition coefficient (Wildman–Crippen LogP) is 3.47. The van der Waals surface area contributed by atoms with Crippen LogP contribution in [0.4, 0.5) is 4.39 Å². The summed E-state index contributed by atoms with van der Waals surface area (Å²) >= 11 is 0. The molecule has 0 saturated heterocycles. The van der Waals surface area contributed by atoms with Crippen molar-refractivity contribution in [3.05, 3.63) is 70.5 Å². The second-order valence-corrected chi connectivity index (χ2v) is 5.53. The molecule has 4 heteroatoms. The van der Waals surface area contributed by atoms with E-state index in [1.54, 1.807) is 31.3 Å². The fourth-order valence-corrected chi connectivity index (χ4v) is 3.13. The molecule has 1 aliphatic rings. The minimum absolute atomic E-state index is 0.223. The first kappa shape index (κ1) is 13.2. The molecule has 1 heterocycles. The fraction of sp³-hybridized carbons (Fsp3) is 0.316. The predicted molar refractivity (Wildman–Crippen MR) is 86.3 cm³/mol. The number of ether oxygens (including phenoxy) is 1. The Morgan fingerprint density at radius 3 is 2.83 bits per heavy atom. The van der Waals surface area contributed by atoms with Crippen molar-refractivity contribution in [1.82, 2.24) is 5.32 Å². The van der Waals surface area contributed by atoms with E-state index in [1.165, 1.54) is 12.1 Å². The highest BCUT2D eigenvalue weighted by atomic mass is 19.1. The van der Waals surface area contributed by atoms with Gasteiger partial charge in [0.05, 0.1) is 18.2 Å². The van der Waals surface area contributed by atoms with E-state index in [0.717, 1.165) is 16.7 Å². The van der Waals surface area contributed by atoms with Crippen LogP contribution in [-0.2, 0) is 16.9 Å². The third kappa shape index (κ3) is 2.86. The van der Waals surface area contributed by atoms with Gasteiger partial charge in [0.2, 0.25) is 0 Å². The number of hydrogen-bond acceptors (Lipinski definition) is 3. The van der Waals surface area contributed by atoms with E-state index in [9.17, 15) is 4.39 Å². The van der Waals surface area contributed by atoms with E-state index in [2.05, 4.69) is 11.4 Å².